The van der Waals surface area contributed by atoms with E-state index in [0.717, 1.165) is 23.4 Å². The Hall–Kier alpha value is -1.55. The normalized spacial score (nSPS) is 23.0. The molecule has 1 aliphatic carbocycles. The Bertz CT molecular complexity index is 524. The van der Waals surface area contributed by atoms with Crippen LogP contribution < -0.4 is 10.1 Å². The Morgan fingerprint density at radius 3 is 2.76 bits per heavy atom. The van der Waals surface area contributed by atoms with E-state index in [4.69, 9.17) is 4.74 Å². The van der Waals surface area contributed by atoms with Crippen LogP contribution in [0.1, 0.15) is 43.0 Å². The van der Waals surface area contributed by atoms with Crippen LogP contribution in [0.25, 0.3) is 0 Å². The van der Waals surface area contributed by atoms with E-state index in [1.165, 1.54) is 25.7 Å². The van der Waals surface area contributed by atoms with Gasteiger partial charge in [0.2, 0.25) is 5.91 Å². The van der Waals surface area contributed by atoms with E-state index in [9.17, 15) is 4.79 Å². The molecule has 1 N–H and O–H groups in total. The van der Waals surface area contributed by atoms with Crippen LogP contribution in [-0.4, -0.2) is 31.0 Å². The Morgan fingerprint density at radius 2 is 2.10 bits per heavy atom. The molecule has 1 heterocycles. The topological polar surface area (TPSA) is 41.6 Å². The first kappa shape index (κ1) is 14.4. The van der Waals surface area contributed by atoms with Gasteiger partial charge in [0.25, 0.3) is 0 Å². The van der Waals surface area contributed by atoms with Gasteiger partial charge in [-0.3, -0.25) is 10.1 Å². The first-order chi connectivity index (χ1) is 10.2. The lowest BCUT2D eigenvalue weighted by Gasteiger charge is -2.27. The summed E-state index contributed by atoms with van der Waals surface area (Å²) >= 11 is 0. The SMILES string of the molecule is COc1ccc(C2NCC(=O)N2CC2CCCC2)cc1C. The molecule has 0 bridgehead atoms. The summed E-state index contributed by atoms with van der Waals surface area (Å²) in [6, 6.07) is 6.17. The minimum Gasteiger partial charge on any atom is -0.496 e. The maximum atomic E-state index is 12.2. The van der Waals surface area contributed by atoms with Gasteiger partial charge < -0.3 is 9.64 Å². The predicted octanol–water partition coefficient (Wildman–Crippen LogP) is 2.62. The predicted molar refractivity (Wildman–Crippen MR) is 82.1 cm³/mol. The second-order valence-electron chi connectivity index (χ2n) is 6.21. The molecule has 1 aliphatic heterocycles. The van der Waals surface area contributed by atoms with Crippen LogP contribution >= 0.6 is 0 Å². The highest BCUT2D eigenvalue weighted by Gasteiger charge is 2.33. The fraction of sp³-hybridized carbons (Fsp3) is 0.588. The largest absolute Gasteiger partial charge is 0.496 e. The Balaban J connectivity index is 1.78. The lowest BCUT2D eigenvalue weighted by atomic mass is 10.0. The molecule has 0 spiro atoms. The first-order valence-corrected chi connectivity index (χ1v) is 7.86. The molecule has 1 unspecified atom stereocenters. The lowest BCUT2D eigenvalue weighted by molar-refractivity contribution is -0.128. The summed E-state index contributed by atoms with van der Waals surface area (Å²) in [4.78, 5) is 14.2. The Kier molecular flexibility index (Phi) is 4.15. The van der Waals surface area contributed by atoms with E-state index >= 15 is 0 Å². The third-order valence-corrected chi connectivity index (χ3v) is 4.74. The fourth-order valence-electron chi connectivity index (χ4n) is 3.59. The average Bonchev–Trinajstić information content (AvgIpc) is 3.11. The Labute approximate surface area is 126 Å². The summed E-state index contributed by atoms with van der Waals surface area (Å²) in [5.74, 6) is 1.79. The van der Waals surface area contributed by atoms with Gasteiger partial charge in [-0.15, -0.1) is 0 Å². The third kappa shape index (κ3) is 2.91. The van der Waals surface area contributed by atoms with E-state index in [1.54, 1.807) is 7.11 Å². The zero-order valence-corrected chi connectivity index (χ0v) is 12.9. The molecule has 1 saturated carbocycles. The highest BCUT2D eigenvalue weighted by atomic mass is 16.5. The molecule has 114 valence electrons. The second kappa shape index (κ2) is 6.06. The van der Waals surface area contributed by atoms with Crippen molar-refractivity contribution in [3.8, 4) is 5.75 Å². The zero-order valence-electron chi connectivity index (χ0n) is 12.9. The van der Waals surface area contributed by atoms with Crippen molar-refractivity contribution in [2.45, 2.75) is 38.8 Å². The molecule has 4 nitrogen and oxygen atoms in total. The van der Waals surface area contributed by atoms with Gasteiger partial charge in [0.1, 0.15) is 11.9 Å². The number of rotatable bonds is 4. The van der Waals surface area contributed by atoms with E-state index < -0.39 is 0 Å². The number of hydrogen-bond donors (Lipinski definition) is 1. The first-order valence-electron chi connectivity index (χ1n) is 7.86. The average molecular weight is 288 g/mol. The second-order valence-corrected chi connectivity index (χ2v) is 6.21. The lowest BCUT2D eigenvalue weighted by Crippen LogP contribution is -2.34. The molecular weight excluding hydrogens is 264 g/mol. The summed E-state index contributed by atoms with van der Waals surface area (Å²) < 4.78 is 5.32. The van der Waals surface area contributed by atoms with E-state index in [1.807, 2.05) is 17.9 Å². The van der Waals surface area contributed by atoms with Crippen molar-refractivity contribution >= 4 is 5.91 Å². The molecule has 1 atom stereocenters. The van der Waals surface area contributed by atoms with Crippen molar-refractivity contribution in [2.75, 3.05) is 20.2 Å². The van der Waals surface area contributed by atoms with Gasteiger partial charge >= 0.3 is 0 Å². The van der Waals surface area contributed by atoms with Gasteiger partial charge in [-0.2, -0.15) is 0 Å². The molecule has 2 aliphatic rings. The number of ether oxygens (including phenoxy) is 1. The highest BCUT2D eigenvalue weighted by Crippen LogP contribution is 2.31. The summed E-state index contributed by atoms with van der Waals surface area (Å²) in [6.45, 7) is 3.38. The molecule has 1 aromatic rings. The minimum atomic E-state index is 0.0164. The molecule has 0 radical (unpaired) electrons. The third-order valence-electron chi connectivity index (χ3n) is 4.74. The molecule has 1 aromatic carbocycles. The van der Waals surface area contributed by atoms with E-state index in [0.29, 0.717) is 12.5 Å². The molecule has 21 heavy (non-hydrogen) atoms. The van der Waals surface area contributed by atoms with Gasteiger partial charge in [0.05, 0.1) is 13.7 Å². The number of methoxy groups -OCH3 is 1. The molecule has 4 heteroatoms. The van der Waals surface area contributed by atoms with Crippen molar-refractivity contribution in [1.29, 1.82) is 0 Å². The quantitative estimate of drug-likeness (QED) is 0.926. The summed E-state index contributed by atoms with van der Waals surface area (Å²) in [5.41, 5.74) is 2.26. The fourth-order valence-corrected chi connectivity index (χ4v) is 3.59. The van der Waals surface area contributed by atoms with Crippen molar-refractivity contribution in [1.82, 2.24) is 10.2 Å². The van der Waals surface area contributed by atoms with Gasteiger partial charge in [0.15, 0.2) is 0 Å². The molecule has 1 amide bonds. The van der Waals surface area contributed by atoms with Crippen molar-refractivity contribution < 1.29 is 9.53 Å². The monoisotopic (exact) mass is 288 g/mol. The number of carbonyl (C=O) groups is 1. The standard InChI is InChI=1S/C17H24N2O2/c1-12-9-14(7-8-15(12)21-2)17-18-10-16(20)19(17)11-13-5-3-4-6-13/h7-9,13,17-18H,3-6,10-11H2,1-2H3. The van der Waals surface area contributed by atoms with E-state index in [2.05, 4.69) is 17.4 Å². The van der Waals surface area contributed by atoms with Crippen LogP contribution in [0.15, 0.2) is 18.2 Å². The van der Waals surface area contributed by atoms with Crippen LogP contribution in [-0.2, 0) is 4.79 Å². The number of amides is 1. The maximum Gasteiger partial charge on any atom is 0.238 e. The molecular formula is C17H24N2O2. The summed E-state index contributed by atoms with van der Waals surface area (Å²) in [5, 5.41) is 3.35. The number of benzene rings is 1. The van der Waals surface area contributed by atoms with Crippen molar-refractivity contribution in [2.24, 2.45) is 5.92 Å². The smallest absolute Gasteiger partial charge is 0.238 e. The highest BCUT2D eigenvalue weighted by molar-refractivity contribution is 5.81. The van der Waals surface area contributed by atoms with E-state index in [-0.39, 0.29) is 12.1 Å². The van der Waals surface area contributed by atoms with Crippen LogP contribution in [0, 0.1) is 12.8 Å². The molecule has 0 aromatic heterocycles. The van der Waals surface area contributed by atoms with Crippen molar-refractivity contribution in [3.63, 3.8) is 0 Å². The molecule has 3 rings (SSSR count). The van der Waals surface area contributed by atoms with Crippen molar-refractivity contribution in [3.05, 3.63) is 29.3 Å². The van der Waals surface area contributed by atoms with Gasteiger partial charge in [-0.1, -0.05) is 18.9 Å². The number of nitrogens with zero attached hydrogens (tertiary/aromatic N) is 1. The number of nitrogens with one attached hydrogen (secondary N) is 1. The van der Waals surface area contributed by atoms with Gasteiger partial charge in [0, 0.05) is 6.54 Å². The molecule has 2 fully saturated rings. The van der Waals surface area contributed by atoms with Crippen LogP contribution in [0.2, 0.25) is 0 Å². The number of aryl methyl sites for hydroxylation is 1. The summed E-state index contributed by atoms with van der Waals surface area (Å²) in [6.07, 6.45) is 5.16. The minimum absolute atomic E-state index is 0.0164. The van der Waals surface area contributed by atoms with Gasteiger partial charge in [-0.05, 0) is 48.9 Å². The summed E-state index contributed by atoms with van der Waals surface area (Å²) in [7, 11) is 1.69. The van der Waals surface area contributed by atoms with Gasteiger partial charge in [-0.25, -0.2) is 0 Å². The number of carbonyl (C=O) groups excluding carboxylic acids is 1. The number of hydrogen-bond acceptors (Lipinski definition) is 3. The molecule has 1 saturated heterocycles. The zero-order chi connectivity index (χ0) is 14.8. The maximum absolute atomic E-state index is 12.2. The van der Waals surface area contributed by atoms with Crippen LogP contribution in [0.4, 0.5) is 0 Å². The van der Waals surface area contributed by atoms with Crippen LogP contribution in [0.5, 0.6) is 5.75 Å². The Morgan fingerprint density at radius 1 is 1.33 bits per heavy atom. The van der Waals surface area contributed by atoms with Crippen LogP contribution in [0.3, 0.4) is 0 Å².